The normalized spacial score (nSPS) is 16.6. The van der Waals surface area contributed by atoms with Gasteiger partial charge in [0, 0.05) is 12.5 Å². The summed E-state index contributed by atoms with van der Waals surface area (Å²) >= 11 is 0. The van der Waals surface area contributed by atoms with Crippen molar-refractivity contribution in [2.24, 2.45) is 5.92 Å². The van der Waals surface area contributed by atoms with E-state index in [-0.39, 0.29) is 12.5 Å². The smallest absolute Gasteiger partial charge is 0.0931 e. The average molecular weight is 251 g/mol. The Labute approximate surface area is 110 Å². The van der Waals surface area contributed by atoms with Crippen molar-refractivity contribution in [3.05, 3.63) is 35.4 Å². The molecule has 0 aliphatic carbocycles. The molecule has 0 unspecified atom stereocenters. The molecule has 0 spiro atoms. The lowest BCUT2D eigenvalue weighted by atomic mass is 9.79. The molecule has 1 aromatic rings. The number of nitrogens with zero attached hydrogens (tertiary/aromatic N) is 1. The van der Waals surface area contributed by atoms with Crippen molar-refractivity contribution in [2.75, 3.05) is 20.6 Å². The maximum absolute atomic E-state index is 10.9. The van der Waals surface area contributed by atoms with E-state index in [2.05, 4.69) is 11.8 Å². The van der Waals surface area contributed by atoms with Crippen LogP contribution in [0.5, 0.6) is 0 Å². The second-order valence-electron chi connectivity index (χ2n) is 5.30. The molecule has 0 radical (unpaired) electrons. The second kappa shape index (κ2) is 6.32. The van der Waals surface area contributed by atoms with E-state index >= 15 is 0 Å². The molecule has 102 valence electrons. The van der Waals surface area contributed by atoms with Gasteiger partial charge >= 0.3 is 0 Å². The molecule has 1 rings (SSSR count). The summed E-state index contributed by atoms with van der Waals surface area (Å²) in [7, 11) is 4.02. The number of rotatable bonds is 6. The predicted molar refractivity (Wildman–Crippen MR) is 74.3 cm³/mol. The van der Waals surface area contributed by atoms with Gasteiger partial charge in [0.2, 0.25) is 0 Å². The maximum Gasteiger partial charge on any atom is 0.0931 e. The molecular weight excluding hydrogens is 226 g/mol. The molecule has 0 aliphatic rings. The van der Waals surface area contributed by atoms with E-state index in [9.17, 15) is 10.2 Å². The van der Waals surface area contributed by atoms with Crippen LogP contribution in [0.15, 0.2) is 24.3 Å². The van der Waals surface area contributed by atoms with Crippen molar-refractivity contribution in [2.45, 2.75) is 32.5 Å². The summed E-state index contributed by atoms with van der Waals surface area (Å²) < 4.78 is 0. The van der Waals surface area contributed by atoms with E-state index in [4.69, 9.17) is 0 Å². The van der Waals surface area contributed by atoms with Gasteiger partial charge in [0.05, 0.1) is 12.2 Å². The number of hydrogen-bond donors (Lipinski definition) is 2. The topological polar surface area (TPSA) is 43.7 Å². The van der Waals surface area contributed by atoms with Crippen molar-refractivity contribution >= 4 is 0 Å². The lowest BCUT2D eigenvalue weighted by Gasteiger charge is -2.35. The zero-order valence-electron chi connectivity index (χ0n) is 11.8. The zero-order chi connectivity index (χ0) is 13.8. The third kappa shape index (κ3) is 3.31. The standard InChI is InChI=1S/C15H25NO2/c1-5-15(18,12(2)10-16(3)4)14-8-6-7-13(9-14)11-17/h6-9,12,17-18H,5,10-11H2,1-4H3/t12-,15-/m0/s1. The highest BCUT2D eigenvalue weighted by Crippen LogP contribution is 2.33. The predicted octanol–water partition coefficient (Wildman–Crippen LogP) is 1.97. The van der Waals surface area contributed by atoms with E-state index in [1.54, 1.807) is 0 Å². The lowest BCUT2D eigenvalue weighted by Crippen LogP contribution is -2.38. The molecular formula is C15H25NO2. The summed E-state index contributed by atoms with van der Waals surface area (Å²) in [5, 5.41) is 20.1. The van der Waals surface area contributed by atoms with Crippen molar-refractivity contribution < 1.29 is 10.2 Å². The number of hydrogen-bond acceptors (Lipinski definition) is 3. The fourth-order valence-electron chi connectivity index (χ4n) is 2.47. The number of aliphatic hydroxyl groups is 2. The fourth-order valence-corrected chi connectivity index (χ4v) is 2.47. The van der Waals surface area contributed by atoms with Gasteiger partial charge in [0.1, 0.15) is 0 Å². The van der Waals surface area contributed by atoms with Crippen LogP contribution >= 0.6 is 0 Å². The Morgan fingerprint density at radius 1 is 1.33 bits per heavy atom. The Hall–Kier alpha value is -0.900. The van der Waals surface area contributed by atoms with Crippen molar-refractivity contribution in [3.8, 4) is 0 Å². The van der Waals surface area contributed by atoms with E-state index in [0.717, 1.165) is 17.7 Å². The molecule has 3 nitrogen and oxygen atoms in total. The van der Waals surface area contributed by atoms with Gasteiger partial charge in [-0.05, 0) is 31.6 Å². The van der Waals surface area contributed by atoms with Gasteiger partial charge in [0.15, 0.2) is 0 Å². The SMILES string of the molecule is CC[C@@](O)(c1cccc(CO)c1)[C@@H](C)CN(C)C. The Morgan fingerprint density at radius 3 is 2.50 bits per heavy atom. The summed E-state index contributed by atoms with van der Waals surface area (Å²) in [5.74, 6) is 0.131. The molecule has 0 aliphatic heterocycles. The summed E-state index contributed by atoms with van der Waals surface area (Å²) in [5.41, 5.74) is 0.900. The summed E-state index contributed by atoms with van der Waals surface area (Å²) in [6.45, 7) is 4.90. The van der Waals surface area contributed by atoms with Gasteiger partial charge < -0.3 is 15.1 Å². The molecule has 0 saturated heterocycles. The van der Waals surface area contributed by atoms with Crippen LogP contribution < -0.4 is 0 Å². The largest absolute Gasteiger partial charge is 0.392 e. The number of aliphatic hydroxyl groups excluding tert-OH is 1. The molecule has 2 atom stereocenters. The van der Waals surface area contributed by atoms with Crippen molar-refractivity contribution in [3.63, 3.8) is 0 Å². The molecule has 0 amide bonds. The van der Waals surface area contributed by atoms with E-state index < -0.39 is 5.60 Å². The highest BCUT2D eigenvalue weighted by Gasteiger charge is 2.34. The van der Waals surface area contributed by atoms with Gasteiger partial charge in [-0.1, -0.05) is 38.1 Å². The van der Waals surface area contributed by atoms with E-state index in [1.807, 2.05) is 45.3 Å². The highest BCUT2D eigenvalue weighted by atomic mass is 16.3. The first-order chi connectivity index (χ1) is 8.43. The molecule has 1 aromatic carbocycles. The zero-order valence-corrected chi connectivity index (χ0v) is 11.8. The molecule has 2 N–H and O–H groups in total. The van der Waals surface area contributed by atoms with Crippen molar-refractivity contribution in [1.29, 1.82) is 0 Å². The first-order valence-corrected chi connectivity index (χ1v) is 6.51. The fraction of sp³-hybridized carbons (Fsp3) is 0.600. The quantitative estimate of drug-likeness (QED) is 0.812. The van der Waals surface area contributed by atoms with Gasteiger partial charge in [-0.3, -0.25) is 0 Å². The molecule has 0 aromatic heterocycles. The Kier molecular flexibility index (Phi) is 5.32. The van der Waals surface area contributed by atoms with E-state index in [0.29, 0.717) is 6.42 Å². The summed E-state index contributed by atoms with van der Waals surface area (Å²) in [6, 6.07) is 7.60. The molecule has 0 heterocycles. The molecule has 0 saturated carbocycles. The average Bonchev–Trinajstić information content (AvgIpc) is 2.37. The highest BCUT2D eigenvalue weighted by molar-refractivity contribution is 5.28. The lowest BCUT2D eigenvalue weighted by molar-refractivity contribution is -0.0292. The molecule has 0 bridgehead atoms. The Morgan fingerprint density at radius 2 is 2.00 bits per heavy atom. The van der Waals surface area contributed by atoms with Crippen LogP contribution in [0.25, 0.3) is 0 Å². The minimum atomic E-state index is -0.838. The Bertz CT molecular complexity index is 379. The minimum Gasteiger partial charge on any atom is -0.392 e. The molecule has 18 heavy (non-hydrogen) atoms. The molecule has 3 heteroatoms. The van der Waals surface area contributed by atoms with Crippen LogP contribution in [0.3, 0.4) is 0 Å². The minimum absolute atomic E-state index is 0.00962. The second-order valence-corrected chi connectivity index (χ2v) is 5.30. The summed E-state index contributed by atoms with van der Waals surface area (Å²) in [4.78, 5) is 2.08. The van der Waals surface area contributed by atoms with Gasteiger partial charge in [-0.25, -0.2) is 0 Å². The third-order valence-corrected chi connectivity index (χ3v) is 3.60. The van der Waals surface area contributed by atoms with Crippen LogP contribution in [0, 0.1) is 5.92 Å². The van der Waals surface area contributed by atoms with Gasteiger partial charge in [0.25, 0.3) is 0 Å². The van der Waals surface area contributed by atoms with Crippen LogP contribution in [0.4, 0.5) is 0 Å². The monoisotopic (exact) mass is 251 g/mol. The third-order valence-electron chi connectivity index (χ3n) is 3.60. The van der Waals surface area contributed by atoms with Crippen LogP contribution in [-0.2, 0) is 12.2 Å². The first-order valence-electron chi connectivity index (χ1n) is 6.51. The number of benzene rings is 1. The van der Waals surface area contributed by atoms with Crippen LogP contribution in [0.1, 0.15) is 31.4 Å². The van der Waals surface area contributed by atoms with Crippen molar-refractivity contribution in [1.82, 2.24) is 4.90 Å². The summed E-state index contributed by atoms with van der Waals surface area (Å²) in [6.07, 6.45) is 0.664. The van der Waals surface area contributed by atoms with Crippen LogP contribution in [-0.4, -0.2) is 35.8 Å². The Balaban J connectivity index is 3.05. The maximum atomic E-state index is 10.9. The van der Waals surface area contributed by atoms with E-state index in [1.165, 1.54) is 0 Å². The van der Waals surface area contributed by atoms with Gasteiger partial charge in [-0.15, -0.1) is 0 Å². The van der Waals surface area contributed by atoms with Crippen LogP contribution in [0.2, 0.25) is 0 Å². The first kappa shape index (κ1) is 15.2. The molecule has 0 fully saturated rings. The van der Waals surface area contributed by atoms with Gasteiger partial charge in [-0.2, -0.15) is 0 Å².